The SMILES string of the molecule is Cc1nn(CCO)c(C)c1CN[C@@H]1CC(Cn2cccn2)C[C@H]1O. The van der Waals surface area contributed by atoms with Gasteiger partial charge in [0.25, 0.3) is 0 Å². The minimum Gasteiger partial charge on any atom is -0.394 e. The van der Waals surface area contributed by atoms with E-state index in [1.807, 2.05) is 35.5 Å². The van der Waals surface area contributed by atoms with Gasteiger partial charge in [-0.1, -0.05) is 0 Å². The minimum absolute atomic E-state index is 0.0886. The van der Waals surface area contributed by atoms with Crippen molar-refractivity contribution in [1.82, 2.24) is 24.9 Å². The highest BCUT2D eigenvalue weighted by atomic mass is 16.3. The van der Waals surface area contributed by atoms with Gasteiger partial charge in [-0.15, -0.1) is 0 Å². The van der Waals surface area contributed by atoms with Crippen LogP contribution in [0.4, 0.5) is 0 Å². The maximum absolute atomic E-state index is 10.3. The van der Waals surface area contributed by atoms with Crippen LogP contribution in [0.15, 0.2) is 18.5 Å². The lowest BCUT2D eigenvalue weighted by atomic mass is 10.1. The van der Waals surface area contributed by atoms with Gasteiger partial charge in [0.15, 0.2) is 0 Å². The molecule has 7 nitrogen and oxygen atoms in total. The van der Waals surface area contributed by atoms with E-state index >= 15 is 0 Å². The Balaban J connectivity index is 1.57. The van der Waals surface area contributed by atoms with Crippen LogP contribution in [0.3, 0.4) is 0 Å². The lowest BCUT2D eigenvalue weighted by Gasteiger charge is -2.16. The van der Waals surface area contributed by atoms with E-state index in [0.29, 0.717) is 19.0 Å². The van der Waals surface area contributed by atoms with Gasteiger partial charge in [-0.25, -0.2) is 0 Å². The molecule has 0 aliphatic heterocycles. The Hall–Kier alpha value is -1.70. The topological polar surface area (TPSA) is 88.1 Å². The number of hydrogen-bond acceptors (Lipinski definition) is 5. The van der Waals surface area contributed by atoms with Crippen LogP contribution in [-0.2, 0) is 19.6 Å². The number of aromatic nitrogens is 4. The number of aryl methyl sites for hydroxylation is 1. The summed E-state index contributed by atoms with van der Waals surface area (Å²) in [4.78, 5) is 0. The summed E-state index contributed by atoms with van der Waals surface area (Å²) < 4.78 is 3.78. The summed E-state index contributed by atoms with van der Waals surface area (Å²) in [5, 5.41) is 31.7. The third kappa shape index (κ3) is 3.68. The molecule has 24 heavy (non-hydrogen) atoms. The molecule has 0 saturated heterocycles. The van der Waals surface area contributed by atoms with Gasteiger partial charge in [0.1, 0.15) is 0 Å². The molecule has 0 amide bonds. The molecule has 7 heteroatoms. The van der Waals surface area contributed by atoms with E-state index in [9.17, 15) is 5.11 Å². The molecule has 0 radical (unpaired) electrons. The molecule has 3 atom stereocenters. The molecule has 2 aromatic rings. The average Bonchev–Trinajstić information content (AvgIpc) is 3.22. The molecule has 0 aromatic carbocycles. The van der Waals surface area contributed by atoms with Gasteiger partial charge >= 0.3 is 0 Å². The maximum atomic E-state index is 10.3. The Morgan fingerprint density at radius 2 is 2.17 bits per heavy atom. The Morgan fingerprint density at radius 3 is 2.88 bits per heavy atom. The molecule has 2 heterocycles. The molecule has 3 N–H and O–H groups in total. The zero-order chi connectivity index (χ0) is 17.1. The maximum Gasteiger partial charge on any atom is 0.0696 e. The Kier molecular flexibility index (Phi) is 5.33. The van der Waals surface area contributed by atoms with Crippen molar-refractivity contribution in [2.24, 2.45) is 5.92 Å². The Morgan fingerprint density at radius 1 is 1.33 bits per heavy atom. The van der Waals surface area contributed by atoms with Crippen LogP contribution in [0.25, 0.3) is 0 Å². The van der Waals surface area contributed by atoms with E-state index in [1.54, 1.807) is 6.20 Å². The highest BCUT2D eigenvalue weighted by Gasteiger charge is 2.33. The molecule has 1 aliphatic rings. The van der Waals surface area contributed by atoms with Crippen molar-refractivity contribution < 1.29 is 10.2 Å². The van der Waals surface area contributed by atoms with Crippen molar-refractivity contribution in [3.63, 3.8) is 0 Å². The Labute approximate surface area is 142 Å². The molecule has 2 aromatic heterocycles. The third-order valence-electron chi connectivity index (χ3n) is 5.02. The van der Waals surface area contributed by atoms with Crippen LogP contribution in [0.5, 0.6) is 0 Å². The highest BCUT2D eigenvalue weighted by Crippen LogP contribution is 2.28. The molecule has 1 saturated carbocycles. The molecule has 1 fully saturated rings. The first-order valence-corrected chi connectivity index (χ1v) is 8.61. The normalized spacial score (nSPS) is 23.9. The summed E-state index contributed by atoms with van der Waals surface area (Å²) in [6.45, 7) is 6.17. The van der Waals surface area contributed by atoms with Crippen LogP contribution >= 0.6 is 0 Å². The molecule has 0 bridgehead atoms. The van der Waals surface area contributed by atoms with Crippen molar-refractivity contribution >= 4 is 0 Å². The van der Waals surface area contributed by atoms with Gasteiger partial charge in [-0.3, -0.25) is 9.36 Å². The molecule has 132 valence electrons. The van der Waals surface area contributed by atoms with E-state index in [1.165, 1.54) is 0 Å². The summed E-state index contributed by atoms with van der Waals surface area (Å²) in [5.74, 6) is 0.441. The number of nitrogens with zero attached hydrogens (tertiary/aromatic N) is 4. The van der Waals surface area contributed by atoms with Gasteiger partial charge in [0.05, 0.1) is 24.9 Å². The monoisotopic (exact) mass is 333 g/mol. The summed E-state index contributed by atoms with van der Waals surface area (Å²) in [7, 11) is 0. The predicted molar refractivity (Wildman–Crippen MR) is 90.4 cm³/mol. The predicted octanol–water partition coefficient (Wildman–Crippen LogP) is 0.618. The number of aliphatic hydroxyl groups is 2. The quantitative estimate of drug-likeness (QED) is 0.691. The van der Waals surface area contributed by atoms with Gasteiger partial charge in [0, 0.05) is 42.8 Å². The number of hydrogen-bond donors (Lipinski definition) is 3. The van der Waals surface area contributed by atoms with Crippen molar-refractivity contribution in [2.75, 3.05) is 6.61 Å². The first-order chi connectivity index (χ1) is 11.6. The van der Waals surface area contributed by atoms with Crippen LogP contribution in [0.2, 0.25) is 0 Å². The molecule has 1 aliphatic carbocycles. The minimum atomic E-state index is -0.321. The molecule has 1 unspecified atom stereocenters. The zero-order valence-corrected chi connectivity index (χ0v) is 14.4. The van der Waals surface area contributed by atoms with Crippen molar-refractivity contribution in [2.45, 2.75) is 58.5 Å². The van der Waals surface area contributed by atoms with E-state index in [4.69, 9.17) is 5.11 Å². The summed E-state index contributed by atoms with van der Waals surface area (Å²) in [5.41, 5.74) is 3.22. The lowest BCUT2D eigenvalue weighted by molar-refractivity contribution is 0.145. The van der Waals surface area contributed by atoms with Crippen LogP contribution in [-0.4, -0.2) is 48.5 Å². The number of rotatable bonds is 7. The largest absolute Gasteiger partial charge is 0.394 e. The third-order valence-corrected chi connectivity index (χ3v) is 5.02. The van der Waals surface area contributed by atoms with Crippen LogP contribution in [0, 0.1) is 19.8 Å². The first-order valence-electron chi connectivity index (χ1n) is 8.61. The zero-order valence-electron chi connectivity index (χ0n) is 14.4. The van der Waals surface area contributed by atoms with Crippen molar-refractivity contribution in [3.05, 3.63) is 35.4 Å². The second-order valence-electron chi connectivity index (χ2n) is 6.72. The second-order valence-corrected chi connectivity index (χ2v) is 6.72. The van der Waals surface area contributed by atoms with Gasteiger partial charge in [-0.2, -0.15) is 10.2 Å². The molecular weight excluding hydrogens is 306 g/mol. The molecule has 0 spiro atoms. The highest BCUT2D eigenvalue weighted by molar-refractivity contribution is 5.24. The Bertz CT molecular complexity index is 652. The van der Waals surface area contributed by atoms with Gasteiger partial charge in [-0.05, 0) is 38.7 Å². The fourth-order valence-corrected chi connectivity index (χ4v) is 3.70. The van der Waals surface area contributed by atoms with E-state index < -0.39 is 0 Å². The van der Waals surface area contributed by atoms with Crippen LogP contribution < -0.4 is 5.32 Å². The second kappa shape index (κ2) is 7.46. The standard InChI is InChI=1S/C17H27N5O2/c1-12-15(13(2)22(20-12)6-7-23)10-18-16-8-14(9-17(16)24)11-21-5-3-4-19-21/h3-5,14,16-18,23-24H,6-11H2,1-2H3/t14?,16-,17-/m1/s1. The van der Waals surface area contributed by atoms with Gasteiger partial charge in [0.2, 0.25) is 0 Å². The van der Waals surface area contributed by atoms with E-state index in [0.717, 1.165) is 36.3 Å². The lowest BCUT2D eigenvalue weighted by Crippen LogP contribution is -2.35. The van der Waals surface area contributed by atoms with E-state index in [-0.39, 0.29) is 18.8 Å². The molecular formula is C17H27N5O2. The number of aliphatic hydroxyl groups excluding tert-OH is 2. The van der Waals surface area contributed by atoms with Crippen LogP contribution in [0.1, 0.15) is 29.8 Å². The average molecular weight is 333 g/mol. The fraction of sp³-hybridized carbons (Fsp3) is 0.647. The fourth-order valence-electron chi connectivity index (χ4n) is 3.70. The van der Waals surface area contributed by atoms with Gasteiger partial charge < -0.3 is 15.5 Å². The van der Waals surface area contributed by atoms with Crippen molar-refractivity contribution in [1.29, 1.82) is 0 Å². The summed E-state index contributed by atoms with van der Waals surface area (Å²) in [6, 6.07) is 2.03. The molecule has 3 rings (SSSR count). The smallest absolute Gasteiger partial charge is 0.0696 e. The van der Waals surface area contributed by atoms with E-state index in [2.05, 4.69) is 15.5 Å². The number of nitrogens with one attached hydrogen (secondary N) is 1. The summed E-state index contributed by atoms with van der Waals surface area (Å²) >= 11 is 0. The van der Waals surface area contributed by atoms with Crippen molar-refractivity contribution in [3.8, 4) is 0 Å². The first kappa shape index (κ1) is 17.1. The summed E-state index contributed by atoms with van der Waals surface area (Å²) in [6.07, 6.45) is 5.19.